The van der Waals surface area contributed by atoms with Crippen LogP contribution in [0.25, 0.3) is 6.08 Å². The lowest BCUT2D eigenvalue weighted by Gasteiger charge is -2.26. The number of halogens is 2. The molecule has 9 nitrogen and oxygen atoms in total. The van der Waals surface area contributed by atoms with E-state index in [0.717, 1.165) is 7.14 Å². The molecule has 4 rings (SSSR count). The van der Waals surface area contributed by atoms with Crippen LogP contribution in [0.5, 0.6) is 17.2 Å². The van der Waals surface area contributed by atoms with Crippen LogP contribution in [0.4, 0.5) is 0 Å². The fraction of sp³-hybridized carbons (Fsp3) is 0.259. The number of ether oxygens (including phenoxy) is 4. The normalized spacial score (nSPS) is 14.9. The van der Waals surface area contributed by atoms with Crippen LogP contribution in [-0.4, -0.2) is 37.3 Å². The number of rotatable bonds is 7. The lowest BCUT2D eigenvalue weighted by molar-refractivity contribution is -0.139. The number of benzene rings is 2. The van der Waals surface area contributed by atoms with Crippen LogP contribution in [0.1, 0.15) is 37.9 Å². The molecule has 1 aliphatic heterocycles. The van der Waals surface area contributed by atoms with Crippen molar-refractivity contribution in [2.75, 3.05) is 20.8 Å². The number of fused-ring (bicyclic) bond motifs is 1. The third-order valence-electron chi connectivity index (χ3n) is 5.82. The predicted molar refractivity (Wildman–Crippen MR) is 163 cm³/mol. The van der Waals surface area contributed by atoms with Crippen molar-refractivity contribution in [3.8, 4) is 17.2 Å². The molecule has 204 valence electrons. The molecule has 0 bridgehead atoms. The van der Waals surface area contributed by atoms with E-state index in [1.165, 1.54) is 37.0 Å². The van der Waals surface area contributed by atoms with Crippen molar-refractivity contribution in [3.05, 3.63) is 79.6 Å². The molecule has 1 aromatic heterocycles. The topological polar surface area (TPSA) is 105 Å². The van der Waals surface area contributed by atoms with Crippen LogP contribution in [-0.2, 0) is 14.3 Å². The minimum absolute atomic E-state index is 0.159. The number of hydrogen-bond acceptors (Lipinski definition) is 9. The largest absolute Gasteiger partial charge is 0.497 e. The number of hydrogen-bond donors (Lipinski definition) is 0. The van der Waals surface area contributed by atoms with Crippen LogP contribution >= 0.6 is 56.5 Å². The van der Waals surface area contributed by atoms with E-state index in [1.807, 2.05) is 12.1 Å². The van der Waals surface area contributed by atoms with Crippen LogP contribution in [0.15, 0.2) is 51.4 Å². The molecule has 12 heteroatoms. The van der Waals surface area contributed by atoms with Crippen molar-refractivity contribution in [2.24, 2.45) is 4.99 Å². The molecule has 0 unspecified atom stereocenters. The first kappa shape index (κ1) is 29.3. The van der Waals surface area contributed by atoms with Gasteiger partial charge < -0.3 is 18.9 Å². The summed E-state index contributed by atoms with van der Waals surface area (Å²) in [7, 11) is 3.05. The second kappa shape index (κ2) is 12.2. The van der Waals surface area contributed by atoms with E-state index in [4.69, 9.17) is 18.9 Å². The molecule has 0 fully saturated rings. The van der Waals surface area contributed by atoms with Crippen molar-refractivity contribution in [1.82, 2.24) is 4.57 Å². The van der Waals surface area contributed by atoms with Crippen LogP contribution in [0.3, 0.4) is 0 Å². The highest BCUT2D eigenvalue weighted by Crippen LogP contribution is 2.38. The zero-order valence-corrected chi connectivity index (χ0v) is 26.8. The Kier molecular flexibility index (Phi) is 9.16. The first-order valence-corrected chi connectivity index (χ1v) is 14.7. The van der Waals surface area contributed by atoms with Gasteiger partial charge in [0.25, 0.3) is 5.56 Å². The Morgan fingerprint density at radius 3 is 2.54 bits per heavy atom. The average Bonchev–Trinajstić information content (AvgIpc) is 3.18. The molecule has 0 saturated carbocycles. The average molecular weight is 774 g/mol. The van der Waals surface area contributed by atoms with Gasteiger partial charge in [-0.1, -0.05) is 11.3 Å². The van der Waals surface area contributed by atoms with E-state index < -0.39 is 18.0 Å². The SMILES string of the molecule is CCOC(=O)C1=C(C)N=c2s/c(=C\c3cc(I)cc(I)c3OC(C)=O)c(=O)n2[C@@H]1c1cc(OC)ccc1OC. The lowest BCUT2D eigenvalue weighted by Crippen LogP contribution is -2.40. The number of thiazole rings is 1. The van der Waals surface area contributed by atoms with E-state index in [2.05, 4.69) is 50.2 Å². The maximum Gasteiger partial charge on any atom is 0.338 e. The highest BCUT2D eigenvalue weighted by Gasteiger charge is 2.35. The number of carbonyl (C=O) groups excluding carboxylic acids is 2. The van der Waals surface area contributed by atoms with Gasteiger partial charge in [0.1, 0.15) is 17.5 Å². The van der Waals surface area contributed by atoms with E-state index in [9.17, 15) is 14.4 Å². The molecule has 39 heavy (non-hydrogen) atoms. The number of carbonyl (C=O) groups is 2. The van der Waals surface area contributed by atoms with Crippen molar-refractivity contribution >= 4 is 74.5 Å². The molecule has 0 aliphatic carbocycles. The third-order valence-corrected chi connectivity index (χ3v) is 8.23. The van der Waals surface area contributed by atoms with Crippen LogP contribution < -0.4 is 29.1 Å². The Morgan fingerprint density at radius 2 is 1.90 bits per heavy atom. The van der Waals surface area contributed by atoms with Gasteiger partial charge in [-0.05, 0) is 95.4 Å². The van der Waals surface area contributed by atoms with Gasteiger partial charge in [-0.3, -0.25) is 14.2 Å². The van der Waals surface area contributed by atoms with Crippen molar-refractivity contribution in [2.45, 2.75) is 26.8 Å². The maximum absolute atomic E-state index is 14.0. The van der Waals surface area contributed by atoms with Crippen LogP contribution in [0.2, 0.25) is 0 Å². The summed E-state index contributed by atoms with van der Waals surface area (Å²) < 4.78 is 25.4. The molecule has 2 aromatic carbocycles. The summed E-state index contributed by atoms with van der Waals surface area (Å²) in [5.74, 6) is 0.322. The molecule has 0 radical (unpaired) electrons. The van der Waals surface area contributed by atoms with Gasteiger partial charge in [0, 0.05) is 21.6 Å². The zero-order valence-electron chi connectivity index (χ0n) is 21.7. The first-order valence-electron chi connectivity index (χ1n) is 11.7. The summed E-state index contributed by atoms with van der Waals surface area (Å²) in [6.07, 6.45) is 1.68. The molecular weight excluding hydrogens is 750 g/mol. The van der Waals surface area contributed by atoms with E-state index in [1.54, 1.807) is 38.1 Å². The molecule has 1 atom stereocenters. The minimum Gasteiger partial charge on any atom is -0.497 e. The fourth-order valence-corrected chi connectivity index (χ4v) is 7.26. The fourth-order valence-electron chi connectivity index (χ4n) is 4.22. The van der Waals surface area contributed by atoms with E-state index in [-0.39, 0.29) is 17.7 Å². The monoisotopic (exact) mass is 774 g/mol. The number of methoxy groups -OCH3 is 2. The number of nitrogens with zero attached hydrogens (tertiary/aromatic N) is 2. The summed E-state index contributed by atoms with van der Waals surface area (Å²) in [6, 6.07) is 8.03. The van der Waals surface area contributed by atoms with Crippen molar-refractivity contribution in [3.63, 3.8) is 0 Å². The van der Waals surface area contributed by atoms with Crippen molar-refractivity contribution in [1.29, 1.82) is 0 Å². The molecule has 0 amide bonds. The zero-order chi connectivity index (χ0) is 28.4. The van der Waals surface area contributed by atoms with Gasteiger partial charge in [0.05, 0.1) is 40.2 Å². The van der Waals surface area contributed by atoms with Gasteiger partial charge in [-0.2, -0.15) is 0 Å². The molecule has 0 saturated heterocycles. The molecule has 3 aromatic rings. The number of esters is 2. The summed E-state index contributed by atoms with van der Waals surface area (Å²) in [5.41, 5.74) is 1.41. The summed E-state index contributed by atoms with van der Waals surface area (Å²) in [5, 5.41) is 0. The maximum atomic E-state index is 14.0. The standard InChI is InChI=1S/C27H24I2N2O7S/c1-6-37-26(34)22-13(2)30-27-31(23(22)18-12-17(35-4)7-8-20(18)36-5)25(33)21(39-27)10-15-9-16(28)11-19(29)24(15)38-14(3)32/h7-12,23H,6H2,1-5H3/b21-10-/t23-/m1/s1. The molecule has 1 aliphatic rings. The summed E-state index contributed by atoms with van der Waals surface area (Å²) in [6.45, 7) is 4.91. The second-order valence-corrected chi connectivity index (χ2v) is 11.7. The Balaban J connectivity index is 2.04. The molecular formula is C27H24I2N2O7S. The highest BCUT2D eigenvalue weighted by molar-refractivity contribution is 14.1. The van der Waals surface area contributed by atoms with Gasteiger partial charge in [0.2, 0.25) is 0 Å². The van der Waals surface area contributed by atoms with E-state index in [0.29, 0.717) is 43.4 Å². The van der Waals surface area contributed by atoms with Crippen LogP contribution in [0, 0.1) is 7.14 Å². The smallest absolute Gasteiger partial charge is 0.338 e. The molecule has 0 N–H and O–H groups in total. The summed E-state index contributed by atoms with van der Waals surface area (Å²) >= 11 is 5.44. The molecule has 2 heterocycles. The Bertz CT molecular complexity index is 1690. The predicted octanol–water partition coefficient (Wildman–Crippen LogP) is 3.95. The Morgan fingerprint density at radius 1 is 1.15 bits per heavy atom. The quantitative estimate of drug-likeness (QED) is 0.204. The second-order valence-electron chi connectivity index (χ2n) is 8.31. The van der Waals surface area contributed by atoms with E-state index >= 15 is 0 Å². The van der Waals surface area contributed by atoms with Gasteiger partial charge in [0.15, 0.2) is 10.6 Å². The first-order chi connectivity index (χ1) is 18.6. The van der Waals surface area contributed by atoms with Gasteiger partial charge in [-0.15, -0.1) is 0 Å². The Labute approximate surface area is 255 Å². The number of allylic oxidation sites excluding steroid dienone is 1. The summed E-state index contributed by atoms with van der Waals surface area (Å²) in [4.78, 5) is 44.0. The van der Waals surface area contributed by atoms with Gasteiger partial charge in [-0.25, -0.2) is 9.79 Å². The minimum atomic E-state index is -0.878. The molecule has 0 spiro atoms. The number of aromatic nitrogens is 1. The van der Waals surface area contributed by atoms with Crippen molar-refractivity contribution < 1.29 is 28.5 Å². The van der Waals surface area contributed by atoms with Gasteiger partial charge >= 0.3 is 11.9 Å². The Hall–Kier alpha value is -2.72. The lowest BCUT2D eigenvalue weighted by atomic mass is 9.94. The third kappa shape index (κ3) is 5.91. The highest BCUT2D eigenvalue weighted by atomic mass is 127.